The van der Waals surface area contributed by atoms with E-state index in [0.29, 0.717) is 15.0 Å². The smallest absolute Gasteiger partial charge is 0.276 e. The van der Waals surface area contributed by atoms with Crippen molar-refractivity contribution >= 4 is 57.9 Å². The predicted molar refractivity (Wildman–Crippen MR) is 71.5 cm³/mol. The van der Waals surface area contributed by atoms with Crippen molar-refractivity contribution in [2.75, 3.05) is 5.32 Å². The van der Waals surface area contributed by atoms with E-state index in [1.165, 1.54) is 0 Å². The summed E-state index contributed by atoms with van der Waals surface area (Å²) >= 11 is 18.3. The number of hydrogen-bond acceptors (Lipinski definition) is 3. The fourth-order valence-electron chi connectivity index (χ4n) is 1.12. The number of amides is 1. The number of benzene rings is 1. The first-order valence-electron chi connectivity index (χ1n) is 4.45. The van der Waals surface area contributed by atoms with E-state index in [4.69, 9.17) is 34.8 Å². The summed E-state index contributed by atoms with van der Waals surface area (Å²) in [7, 11) is 0. The molecule has 1 aromatic carbocycles. The number of nitrogens with zero attached hydrogens (tertiary/aromatic N) is 1. The number of hydrogen-bond donors (Lipinski definition) is 1. The summed E-state index contributed by atoms with van der Waals surface area (Å²) in [5.41, 5.74) is 0.733. The molecule has 0 unspecified atom stereocenters. The lowest BCUT2D eigenvalue weighted by Gasteiger charge is -2.03. The molecule has 0 saturated carbocycles. The van der Waals surface area contributed by atoms with Crippen molar-refractivity contribution in [1.82, 2.24) is 4.37 Å². The normalized spacial score (nSPS) is 10.3. The van der Waals surface area contributed by atoms with Crippen LogP contribution in [0.2, 0.25) is 14.4 Å². The molecule has 1 amide bonds. The zero-order valence-electron chi connectivity index (χ0n) is 8.21. The van der Waals surface area contributed by atoms with Crippen LogP contribution in [0.15, 0.2) is 24.3 Å². The lowest BCUT2D eigenvalue weighted by atomic mass is 10.3. The standard InChI is InChI=1S/C10H5Cl3N2OS/c11-5-1-3-6(4-2-5)14-10(16)8-7(12)9(13)17-15-8/h1-4H,(H,14,16). The van der Waals surface area contributed by atoms with Gasteiger partial charge in [-0.2, -0.15) is 4.37 Å². The topological polar surface area (TPSA) is 42.0 Å². The molecule has 0 radical (unpaired) electrons. The van der Waals surface area contributed by atoms with Crippen molar-refractivity contribution in [2.45, 2.75) is 0 Å². The van der Waals surface area contributed by atoms with Gasteiger partial charge in [-0.05, 0) is 35.8 Å². The monoisotopic (exact) mass is 306 g/mol. The average Bonchev–Trinajstić information content (AvgIpc) is 2.63. The Hall–Kier alpha value is -0.810. The Balaban J connectivity index is 2.17. The maximum atomic E-state index is 11.8. The molecule has 1 N–H and O–H groups in total. The highest BCUT2D eigenvalue weighted by Crippen LogP contribution is 2.29. The molecule has 1 heterocycles. The Bertz CT molecular complexity index is 553. The van der Waals surface area contributed by atoms with Crippen molar-refractivity contribution in [3.05, 3.63) is 44.3 Å². The summed E-state index contributed by atoms with van der Waals surface area (Å²) in [4.78, 5) is 11.8. The van der Waals surface area contributed by atoms with E-state index in [-0.39, 0.29) is 10.7 Å². The van der Waals surface area contributed by atoms with E-state index >= 15 is 0 Å². The van der Waals surface area contributed by atoms with Gasteiger partial charge in [0.1, 0.15) is 9.36 Å². The van der Waals surface area contributed by atoms with Crippen LogP contribution in [0.5, 0.6) is 0 Å². The third-order valence-electron chi connectivity index (χ3n) is 1.91. The molecule has 0 spiro atoms. The van der Waals surface area contributed by atoms with Crippen LogP contribution in [0.25, 0.3) is 0 Å². The molecule has 1 aromatic heterocycles. The summed E-state index contributed by atoms with van der Waals surface area (Å²) in [5, 5.41) is 3.41. The number of carbonyl (C=O) groups excluding carboxylic acids is 1. The van der Waals surface area contributed by atoms with Gasteiger partial charge in [0.2, 0.25) is 0 Å². The van der Waals surface area contributed by atoms with Crippen LogP contribution < -0.4 is 5.32 Å². The SMILES string of the molecule is O=C(Nc1ccc(Cl)cc1)c1nsc(Cl)c1Cl. The minimum atomic E-state index is -0.402. The molecular weight excluding hydrogens is 303 g/mol. The summed E-state index contributed by atoms with van der Waals surface area (Å²) in [6.45, 7) is 0. The minimum Gasteiger partial charge on any atom is -0.321 e. The van der Waals surface area contributed by atoms with Gasteiger partial charge in [-0.1, -0.05) is 34.8 Å². The van der Waals surface area contributed by atoms with Crippen LogP contribution in [-0.4, -0.2) is 10.3 Å². The molecule has 7 heteroatoms. The van der Waals surface area contributed by atoms with Crippen molar-refractivity contribution in [3.63, 3.8) is 0 Å². The molecule has 2 aromatic rings. The van der Waals surface area contributed by atoms with Gasteiger partial charge in [-0.3, -0.25) is 4.79 Å². The maximum absolute atomic E-state index is 11.8. The highest BCUT2D eigenvalue weighted by Gasteiger charge is 2.17. The van der Waals surface area contributed by atoms with E-state index in [1.807, 2.05) is 0 Å². The molecule has 0 saturated heterocycles. The fourth-order valence-corrected chi connectivity index (χ4v) is 2.25. The third-order valence-corrected chi connectivity index (χ3v) is 3.78. The number of anilines is 1. The van der Waals surface area contributed by atoms with Crippen molar-refractivity contribution < 1.29 is 4.79 Å². The summed E-state index contributed by atoms with van der Waals surface area (Å²) in [5.74, 6) is -0.402. The maximum Gasteiger partial charge on any atom is 0.276 e. The largest absolute Gasteiger partial charge is 0.321 e. The Morgan fingerprint density at radius 1 is 1.18 bits per heavy atom. The van der Waals surface area contributed by atoms with Gasteiger partial charge in [0, 0.05) is 10.7 Å². The molecule has 0 atom stereocenters. The van der Waals surface area contributed by atoms with Crippen LogP contribution in [0.1, 0.15) is 10.5 Å². The molecule has 0 fully saturated rings. The lowest BCUT2D eigenvalue weighted by Crippen LogP contribution is -2.12. The average molecular weight is 308 g/mol. The predicted octanol–water partition coefficient (Wildman–Crippen LogP) is 4.36. The molecule has 0 aliphatic heterocycles. The molecule has 0 bridgehead atoms. The van der Waals surface area contributed by atoms with Gasteiger partial charge < -0.3 is 5.32 Å². The molecule has 0 aliphatic carbocycles. The van der Waals surface area contributed by atoms with Gasteiger partial charge >= 0.3 is 0 Å². The first-order valence-corrected chi connectivity index (χ1v) is 6.36. The second kappa shape index (κ2) is 5.23. The summed E-state index contributed by atoms with van der Waals surface area (Å²) in [6, 6.07) is 6.71. The van der Waals surface area contributed by atoms with E-state index in [9.17, 15) is 4.79 Å². The number of carbonyl (C=O) groups is 1. The van der Waals surface area contributed by atoms with Gasteiger partial charge in [0.15, 0.2) is 5.69 Å². The van der Waals surface area contributed by atoms with E-state index < -0.39 is 5.91 Å². The van der Waals surface area contributed by atoms with E-state index in [2.05, 4.69) is 9.69 Å². The van der Waals surface area contributed by atoms with Crippen LogP contribution in [0.3, 0.4) is 0 Å². The second-order valence-corrected chi connectivity index (χ2v) is 5.27. The van der Waals surface area contributed by atoms with Gasteiger partial charge in [0.05, 0.1) is 0 Å². The van der Waals surface area contributed by atoms with Crippen molar-refractivity contribution in [3.8, 4) is 0 Å². The molecule has 88 valence electrons. The first kappa shape index (κ1) is 12.6. The third kappa shape index (κ3) is 2.90. The molecule has 0 aliphatic rings. The number of nitrogens with one attached hydrogen (secondary N) is 1. The Kier molecular flexibility index (Phi) is 3.89. The first-order chi connectivity index (χ1) is 8.08. The van der Waals surface area contributed by atoms with Gasteiger partial charge in [-0.25, -0.2) is 0 Å². The van der Waals surface area contributed by atoms with Crippen molar-refractivity contribution in [2.24, 2.45) is 0 Å². The molecule has 17 heavy (non-hydrogen) atoms. The Morgan fingerprint density at radius 3 is 2.35 bits per heavy atom. The van der Waals surface area contributed by atoms with Crippen LogP contribution in [0.4, 0.5) is 5.69 Å². The van der Waals surface area contributed by atoms with Crippen molar-refractivity contribution in [1.29, 1.82) is 0 Å². The molecular formula is C10H5Cl3N2OS. The number of rotatable bonds is 2. The number of halogens is 3. The fraction of sp³-hybridized carbons (Fsp3) is 0. The Labute approximate surface area is 116 Å². The van der Waals surface area contributed by atoms with Crippen LogP contribution >= 0.6 is 46.3 Å². The Morgan fingerprint density at radius 2 is 1.82 bits per heavy atom. The lowest BCUT2D eigenvalue weighted by molar-refractivity contribution is 0.102. The minimum absolute atomic E-state index is 0.122. The van der Waals surface area contributed by atoms with Gasteiger partial charge in [0.25, 0.3) is 5.91 Å². The number of aromatic nitrogens is 1. The second-order valence-electron chi connectivity index (χ2n) is 3.08. The van der Waals surface area contributed by atoms with Gasteiger partial charge in [-0.15, -0.1) is 0 Å². The highest BCUT2D eigenvalue weighted by atomic mass is 35.5. The summed E-state index contributed by atoms with van der Waals surface area (Å²) < 4.78 is 4.17. The van der Waals surface area contributed by atoms with E-state index in [0.717, 1.165) is 11.5 Å². The summed E-state index contributed by atoms with van der Waals surface area (Å²) in [6.07, 6.45) is 0. The quantitative estimate of drug-likeness (QED) is 0.896. The molecule has 2 rings (SSSR count). The zero-order chi connectivity index (χ0) is 12.4. The zero-order valence-corrected chi connectivity index (χ0v) is 11.3. The van der Waals surface area contributed by atoms with E-state index in [1.54, 1.807) is 24.3 Å². The molecule has 3 nitrogen and oxygen atoms in total. The van der Waals surface area contributed by atoms with Crippen LogP contribution in [0, 0.1) is 0 Å². The van der Waals surface area contributed by atoms with Crippen LogP contribution in [-0.2, 0) is 0 Å². The highest BCUT2D eigenvalue weighted by molar-refractivity contribution is 7.11.